The maximum Gasteiger partial charge on any atom is -0.0239 e. The van der Waals surface area contributed by atoms with Gasteiger partial charge in [0.2, 0.25) is 0 Å². The molecule has 0 bridgehead atoms. The first-order chi connectivity index (χ1) is 8.15. The number of rotatable bonds is 11. The standard InChI is InChI=1S/C17H34/c1-6-9-10-12-15(4)16(5)13-11-14-17(7-2)8-3/h7,15-17H,2,6,8-14H2,1,3-5H3. The maximum absolute atomic E-state index is 3.91. The van der Waals surface area contributed by atoms with E-state index in [2.05, 4.69) is 40.3 Å². The fourth-order valence-corrected chi connectivity index (χ4v) is 2.48. The Labute approximate surface area is 110 Å². The average molecular weight is 238 g/mol. The van der Waals surface area contributed by atoms with Crippen LogP contribution in [0.2, 0.25) is 0 Å². The van der Waals surface area contributed by atoms with Crippen LogP contribution in [-0.4, -0.2) is 0 Å². The van der Waals surface area contributed by atoms with Gasteiger partial charge in [-0.05, 0) is 30.6 Å². The molecule has 0 spiro atoms. The molecule has 0 aliphatic heterocycles. The minimum Gasteiger partial charge on any atom is -0.103 e. The highest BCUT2D eigenvalue weighted by atomic mass is 14.2. The molecule has 0 aromatic heterocycles. The van der Waals surface area contributed by atoms with Crippen LogP contribution >= 0.6 is 0 Å². The Balaban J connectivity index is 3.62. The van der Waals surface area contributed by atoms with Gasteiger partial charge in [0.1, 0.15) is 0 Å². The Kier molecular flexibility index (Phi) is 10.7. The van der Waals surface area contributed by atoms with E-state index in [1.807, 2.05) is 0 Å². The summed E-state index contributed by atoms with van der Waals surface area (Å²) in [5.41, 5.74) is 0. The molecular weight excluding hydrogens is 204 g/mol. The molecule has 0 saturated carbocycles. The van der Waals surface area contributed by atoms with E-state index in [-0.39, 0.29) is 0 Å². The Morgan fingerprint density at radius 1 is 0.882 bits per heavy atom. The highest BCUT2D eigenvalue weighted by Gasteiger charge is 2.12. The molecule has 0 amide bonds. The zero-order valence-corrected chi connectivity index (χ0v) is 12.7. The van der Waals surface area contributed by atoms with E-state index in [0.717, 1.165) is 17.8 Å². The molecule has 0 saturated heterocycles. The summed E-state index contributed by atoms with van der Waals surface area (Å²) in [5, 5.41) is 0. The summed E-state index contributed by atoms with van der Waals surface area (Å²) < 4.78 is 0. The van der Waals surface area contributed by atoms with E-state index in [9.17, 15) is 0 Å². The van der Waals surface area contributed by atoms with Crippen molar-refractivity contribution in [2.24, 2.45) is 17.8 Å². The van der Waals surface area contributed by atoms with Crippen LogP contribution in [0.5, 0.6) is 0 Å². The zero-order valence-electron chi connectivity index (χ0n) is 12.7. The van der Waals surface area contributed by atoms with Crippen LogP contribution in [0, 0.1) is 17.8 Å². The van der Waals surface area contributed by atoms with Crippen molar-refractivity contribution in [1.82, 2.24) is 0 Å². The van der Waals surface area contributed by atoms with Crippen molar-refractivity contribution >= 4 is 0 Å². The highest BCUT2D eigenvalue weighted by Crippen LogP contribution is 2.24. The summed E-state index contributed by atoms with van der Waals surface area (Å²) in [6.07, 6.45) is 13.1. The van der Waals surface area contributed by atoms with Crippen LogP contribution in [0.1, 0.15) is 79.1 Å². The molecule has 0 N–H and O–H groups in total. The third-order valence-corrected chi connectivity index (χ3v) is 4.33. The molecule has 0 rings (SSSR count). The maximum atomic E-state index is 3.91. The minimum absolute atomic E-state index is 0.748. The summed E-state index contributed by atoms with van der Waals surface area (Å²) in [6, 6.07) is 0. The van der Waals surface area contributed by atoms with Gasteiger partial charge < -0.3 is 0 Å². The lowest BCUT2D eigenvalue weighted by atomic mass is 9.86. The molecule has 0 aliphatic rings. The second-order valence-electron chi connectivity index (χ2n) is 5.79. The Hall–Kier alpha value is -0.260. The normalized spacial score (nSPS) is 16.5. The van der Waals surface area contributed by atoms with Crippen LogP contribution in [0.4, 0.5) is 0 Å². The van der Waals surface area contributed by atoms with Gasteiger partial charge in [-0.2, -0.15) is 0 Å². The predicted octanol–water partition coefficient (Wildman–Crippen LogP) is 6.22. The van der Waals surface area contributed by atoms with E-state index in [1.165, 1.54) is 51.4 Å². The van der Waals surface area contributed by atoms with Crippen LogP contribution in [0.25, 0.3) is 0 Å². The topological polar surface area (TPSA) is 0 Å². The van der Waals surface area contributed by atoms with Crippen LogP contribution in [0.3, 0.4) is 0 Å². The lowest BCUT2D eigenvalue weighted by molar-refractivity contribution is 0.319. The predicted molar refractivity (Wildman–Crippen MR) is 80.3 cm³/mol. The van der Waals surface area contributed by atoms with Crippen LogP contribution < -0.4 is 0 Å². The SMILES string of the molecule is C=CC(CC)CCCC(C)C(C)CCCCC. The summed E-state index contributed by atoms with van der Waals surface area (Å²) in [5.74, 6) is 2.55. The van der Waals surface area contributed by atoms with E-state index in [0.29, 0.717) is 0 Å². The molecule has 3 atom stereocenters. The van der Waals surface area contributed by atoms with Gasteiger partial charge in [0, 0.05) is 0 Å². The molecule has 0 aliphatic carbocycles. The van der Waals surface area contributed by atoms with Gasteiger partial charge in [0.25, 0.3) is 0 Å². The van der Waals surface area contributed by atoms with Crippen LogP contribution in [-0.2, 0) is 0 Å². The van der Waals surface area contributed by atoms with Crippen molar-refractivity contribution in [3.8, 4) is 0 Å². The van der Waals surface area contributed by atoms with Crippen molar-refractivity contribution < 1.29 is 0 Å². The van der Waals surface area contributed by atoms with E-state index in [4.69, 9.17) is 0 Å². The largest absolute Gasteiger partial charge is 0.103 e. The van der Waals surface area contributed by atoms with E-state index < -0.39 is 0 Å². The number of allylic oxidation sites excluding steroid dienone is 1. The number of hydrogen-bond acceptors (Lipinski definition) is 0. The smallest absolute Gasteiger partial charge is 0.0239 e. The molecule has 102 valence electrons. The summed E-state index contributed by atoms with van der Waals surface area (Å²) >= 11 is 0. The van der Waals surface area contributed by atoms with Crippen molar-refractivity contribution in [3.05, 3.63) is 12.7 Å². The first-order valence-electron chi connectivity index (χ1n) is 7.78. The molecule has 0 nitrogen and oxygen atoms in total. The quantitative estimate of drug-likeness (QED) is 0.296. The van der Waals surface area contributed by atoms with Gasteiger partial charge in [-0.25, -0.2) is 0 Å². The van der Waals surface area contributed by atoms with Crippen molar-refractivity contribution in [1.29, 1.82) is 0 Å². The van der Waals surface area contributed by atoms with Gasteiger partial charge in [-0.15, -0.1) is 6.58 Å². The first kappa shape index (κ1) is 16.7. The fraction of sp³-hybridized carbons (Fsp3) is 0.882. The third kappa shape index (κ3) is 8.46. The Bertz CT molecular complexity index is 171. The summed E-state index contributed by atoms with van der Waals surface area (Å²) in [6.45, 7) is 13.3. The minimum atomic E-state index is 0.748. The molecular formula is C17H34. The molecule has 17 heavy (non-hydrogen) atoms. The molecule has 0 heterocycles. The summed E-state index contributed by atoms with van der Waals surface area (Å²) in [4.78, 5) is 0. The zero-order chi connectivity index (χ0) is 13.1. The van der Waals surface area contributed by atoms with Crippen LogP contribution in [0.15, 0.2) is 12.7 Å². The molecule has 0 heteroatoms. The average Bonchev–Trinajstić information content (AvgIpc) is 2.34. The van der Waals surface area contributed by atoms with E-state index >= 15 is 0 Å². The van der Waals surface area contributed by atoms with Gasteiger partial charge >= 0.3 is 0 Å². The first-order valence-corrected chi connectivity index (χ1v) is 7.78. The lowest BCUT2D eigenvalue weighted by Crippen LogP contribution is -2.08. The van der Waals surface area contributed by atoms with Gasteiger partial charge in [0.15, 0.2) is 0 Å². The molecule has 3 unspecified atom stereocenters. The Morgan fingerprint density at radius 2 is 1.47 bits per heavy atom. The van der Waals surface area contributed by atoms with Gasteiger partial charge in [0.05, 0.1) is 0 Å². The van der Waals surface area contributed by atoms with Gasteiger partial charge in [-0.3, -0.25) is 0 Å². The lowest BCUT2D eigenvalue weighted by Gasteiger charge is -2.20. The molecule has 0 aromatic carbocycles. The highest BCUT2D eigenvalue weighted by molar-refractivity contribution is 4.77. The third-order valence-electron chi connectivity index (χ3n) is 4.33. The monoisotopic (exact) mass is 238 g/mol. The van der Waals surface area contributed by atoms with Gasteiger partial charge in [-0.1, -0.05) is 72.3 Å². The molecule has 0 aromatic rings. The number of hydrogen-bond donors (Lipinski definition) is 0. The Morgan fingerprint density at radius 3 is 1.94 bits per heavy atom. The van der Waals surface area contributed by atoms with Crippen molar-refractivity contribution in [3.63, 3.8) is 0 Å². The fourth-order valence-electron chi connectivity index (χ4n) is 2.48. The van der Waals surface area contributed by atoms with E-state index in [1.54, 1.807) is 0 Å². The van der Waals surface area contributed by atoms with Crippen molar-refractivity contribution in [2.45, 2.75) is 79.1 Å². The van der Waals surface area contributed by atoms with Crippen molar-refractivity contribution in [2.75, 3.05) is 0 Å². The summed E-state index contributed by atoms with van der Waals surface area (Å²) in [7, 11) is 0. The molecule has 0 fully saturated rings. The molecule has 0 radical (unpaired) electrons. The number of unbranched alkanes of at least 4 members (excludes halogenated alkanes) is 2. The second kappa shape index (κ2) is 10.9. The second-order valence-corrected chi connectivity index (χ2v) is 5.79.